The Kier molecular flexibility index (Phi) is 6.64. The summed E-state index contributed by atoms with van der Waals surface area (Å²) in [6.07, 6.45) is 0. The standard InChI is InChI=1S/C45H28N4S/c1-3-14-29(15-4-1)43-46-44(30-16-5-2-6-17-30)48-45(47-43)32-19-13-18-31(28-32)33-20-7-10-23-37(33)49-38-24-11-8-22-36(38)41-39(49)27-26-35-34-21-9-12-25-40(34)50-42(35)41/h1-28H. The normalized spacial score (nSPS) is 11.6. The van der Waals surface area contributed by atoms with E-state index in [1.165, 1.54) is 42.0 Å². The van der Waals surface area contributed by atoms with E-state index in [9.17, 15) is 0 Å². The minimum Gasteiger partial charge on any atom is -0.309 e. The summed E-state index contributed by atoms with van der Waals surface area (Å²) in [7, 11) is 0. The predicted octanol–water partition coefficient (Wildman–Crippen LogP) is 12.0. The molecule has 4 nitrogen and oxygen atoms in total. The van der Waals surface area contributed by atoms with Crippen LogP contribution in [0.1, 0.15) is 0 Å². The molecule has 50 heavy (non-hydrogen) atoms. The van der Waals surface area contributed by atoms with Crippen LogP contribution in [-0.4, -0.2) is 19.5 Å². The third kappa shape index (κ3) is 4.63. The second-order valence-electron chi connectivity index (χ2n) is 12.4. The van der Waals surface area contributed by atoms with E-state index < -0.39 is 0 Å². The Morgan fingerprint density at radius 3 is 1.74 bits per heavy atom. The zero-order chi connectivity index (χ0) is 33.0. The van der Waals surface area contributed by atoms with E-state index in [4.69, 9.17) is 15.0 Å². The maximum Gasteiger partial charge on any atom is 0.164 e. The first-order chi connectivity index (χ1) is 24.8. The van der Waals surface area contributed by atoms with Gasteiger partial charge >= 0.3 is 0 Å². The molecule has 0 unspecified atom stereocenters. The minimum atomic E-state index is 0.640. The van der Waals surface area contributed by atoms with Gasteiger partial charge in [-0.3, -0.25) is 0 Å². The van der Waals surface area contributed by atoms with E-state index in [2.05, 4.69) is 114 Å². The molecule has 0 saturated carbocycles. The van der Waals surface area contributed by atoms with Crippen molar-refractivity contribution in [2.75, 3.05) is 0 Å². The molecule has 234 valence electrons. The largest absolute Gasteiger partial charge is 0.309 e. The number of para-hydroxylation sites is 2. The van der Waals surface area contributed by atoms with Crippen molar-refractivity contribution in [1.29, 1.82) is 0 Å². The molecule has 0 fully saturated rings. The van der Waals surface area contributed by atoms with Gasteiger partial charge in [0.15, 0.2) is 17.5 Å². The molecule has 0 N–H and O–H groups in total. The Labute approximate surface area is 292 Å². The van der Waals surface area contributed by atoms with Crippen LogP contribution in [0.15, 0.2) is 170 Å². The Hall–Kier alpha value is -6.43. The van der Waals surface area contributed by atoms with Crippen molar-refractivity contribution in [3.05, 3.63) is 170 Å². The smallest absolute Gasteiger partial charge is 0.164 e. The average molecular weight is 657 g/mol. The highest BCUT2D eigenvalue weighted by Gasteiger charge is 2.20. The van der Waals surface area contributed by atoms with Crippen molar-refractivity contribution in [2.45, 2.75) is 0 Å². The SMILES string of the molecule is c1ccc(-c2nc(-c3ccccc3)nc(-c3cccc(-c4ccccc4-n4c5ccccc5c5c6sc7ccccc7c6ccc54)c3)n2)cc1. The highest BCUT2D eigenvalue weighted by molar-refractivity contribution is 7.26. The second kappa shape index (κ2) is 11.6. The predicted molar refractivity (Wildman–Crippen MR) is 209 cm³/mol. The molecule has 0 saturated heterocycles. The molecule has 0 bridgehead atoms. The Bertz CT molecular complexity index is 2810. The molecule has 0 amide bonds. The zero-order valence-electron chi connectivity index (χ0n) is 26.9. The number of rotatable bonds is 5. The van der Waals surface area contributed by atoms with Crippen molar-refractivity contribution < 1.29 is 0 Å². The summed E-state index contributed by atoms with van der Waals surface area (Å²) < 4.78 is 5.07. The highest BCUT2D eigenvalue weighted by Crippen LogP contribution is 2.44. The van der Waals surface area contributed by atoms with Gasteiger partial charge in [-0.15, -0.1) is 11.3 Å². The van der Waals surface area contributed by atoms with E-state index in [1.54, 1.807) is 0 Å². The fourth-order valence-electron chi connectivity index (χ4n) is 7.17. The van der Waals surface area contributed by atoms with Crippen molar-refractivity contribution in [1.82, 2.24) is 19.5 Å². The van der Waals surface area contributed by atoms with Crippen LogP contribution in [0.25, 0.3) is 93.0 Å². The van der Waals surface area contributed by atoms with Crippen molar-refractivity contribution >= 4 is 53.3 Å². The Morgan fingerprint density at radius 2 is 0.980 bits per heavy atom. The van der Waals surface area contributed by atoms with Gasteiger partial charge in [-0.2, -0.15) is 0 Å². The van der Waals surface area contributed by atoms with Crippen molar-refractivity contribution in [3.8, 4) is 51.0 Å². The van der Waals surface area contributed by atoms with E-state index in [-0.39, 0.29) is 0 Å². The molecule has 3 aromatic heterocycles. The van der Waals surface area contributed by atoms with E-state index in [1.807, 2.05) is 72.0 Å². The lowest BCUT2D eigenvalue weighted by Crippen LogP contribution is -2.00. The summed E-state index contributed by atoms with van der Waals surface area (Å²) in [5.41, 5.74) is 8.58. The number of thiophene rings is 1. The number of nitrogens with zero attached hydrogens (tertiary/aromatic N) is 4. The molecule has 0 aliphatic rings. The molecule has 7 aromatic carbocycles. The van der Waals surface area contributed by atoms with Crippen LogP contribution < -0.4 is 0 Å². The van der Waals surface area contributed by atoms with Crippen LogP contribution in [-0.2, 0) is 0 Å². The topological polar surface area (TPSA) is 43.6 Å². The molecular formula is C45H28N4S. The van der Waals surface area contributed by atoms with Gasteiger partial charge in [-0.05, 0) is 35.9 Å². The number of fused-ring (bicyclic) bond motifs is 7. The fourth-order valence-corrected chi connectivity index (χ4v) is 8.43. The van der Waals surface area contributed by atoms with Gasteiger partial charge < -0.3 is 4.57 Å². The molecule has 0 atom stereocenters. The second-order valence-corrected chi connectivity index (χ2v) is 13.5. The van der Waals surface area contributed by atoms with E-state index in [0.717, 1.165) is 33.5 Å². The van der Waals surface area contributed by atoms with Crippen LogP contribution >= 0.6 is 11.3 Å². The van der Waals surface area contributed by atoms with Crippen LogP contribution in [0.4, 0.5) is 0 Å². The summed E-state index contributed by atoms with van der Waals surface area (Å²) in [4.78, 5) is 14.9. The molecule has 5 heteroatoms. The maximum atomic E-state index is 5.01. The van der Waals surface area contributed by atoms with Gasteiger partial charge in [0.2, 0.25) is 0 Å². The van der Waals surface area contributed by atoms with Crippen LogP contribution in [0.3, 0.4) is 0 Å². The third-order valence-corrected chi connectivity index (χ3v) is 10.7. The zero-order valence-corrected chi connectivity index (χ0v) is 27.7. The molecule has 3 heterocycles. The fraction of sp³-hybridized carbons (Fsp3) is 0. The summed E-state index contributed by atoms with van der Waals surface area (Å²) in [6, 6.07) is 59.6. The van der Waals surface area contributed by atoms with Crippen molar-refractivity contribution in [3.63, 3.8) is 0 Å². The van der Waals surface area contributed by atoms with Crippen LogP contribution in [0.2, 0.25) is 0 Å². The van der Waals surface area contributed by atoms with Gasteiger partial charge in [-0.1, -0.05) is 140 Å². The molecule has 0 radical (unpaired) electrons. The van der Waals surface area contributed by atoms with Crippen LogP contribution in [0.5, 0.6) is 0 Å². The first kappa shape index (κ1) is 28.6. The van der Waals surface area contributed by atoms with E-state index >= 15 is 0 Å². The number of hydrogen-bond acceptors (Lipinski definition) is 4. The lowest BCUT2D eigenvalue weighted by Gasteiger charge is -2.15. The quantitative estimate of drug-likeness (QED) is 0.185. The van der Waals surface area contributed by atoms with Gasteiger partial charge in [0.05, 0.1) is 16.7 Å². The number of benzene rings is 7. The summed E-state index contributed by atoms with van der Waals surface area (Å²) >= 11 is 1.88. The summed E-state index contributed by atoms with van der Waals surface area (Å²) in [5, 5.41) is 5.18. The summed E-state index contributed by atoms with van der Waals surface area (Å²) in [5.74, 6) is 1.94. The molecule has 10 aromatic rings. The average Bonchev–Trinajstić information content (AvgIpc) is 3.74. The minimum absolute atomic E-state index is 0.640. The Balaban J connectivity index is 1.17. The monoisotopic (exact) mass is 656 g/mol. The van der Waals surface area contributed by atoms with E-state index in [0.29, 0.717) is 17.5 Å². The van der Waals surface area contributed by atoms with Crippen molar-refractivity contribution in [2.24, 2.45) is 0 Å². The van der Waals surface area contributed by atoms with Gasteiger partial charge in [0.25, 0.3) is 0 Å². The Morgan fingerprint density at radius 1 is 0.400 bits per heavy atom. The van der Waals surface area contributed by atoms with Gasteiger partial charge in [0, 0.05) is 53.2 Å². The van der Waals surface area contributed by atoms with Crippen LogP contribution in [0, 0.1) is 0 Å². The lowest BCUT2D eigenvalue weighted by atomic mass is 10.0. The molecule has 10 rings (SSSR count). The first-order valence-electron chi connectivity index (χ1n) is 16.7. The maximum absolute atomic E-state index is 5.01. The van der Waals surface area contributed by atoms with Gasteiger partial charge in [-0.25, -0.2) is 15.0 Å². The lowest BCUT2D eigenvalue weighted by molar-refractivity contribution is 1.07. The number of hydrogen-bond donors (Lipinski definition) is 0. The highest BCUT2D eigenvalue weighted by atomic mass is 32.1. The molecule has 0 aliphatic carbocycles. The molecular weight excluding hydrogens is 629 g/mol. The number of aromatic nitrogens is 4. The third-order valence-electron chi connectivity index (χ3n) is 9.46. The first-order valence-corrected chi connectivity index (χ1v) is 17.5. The molecule has 0 aliphatic heterocycles. The van der Waals surface area contributed by atoms with Gasteiger partial charge in [0.1, 0.15) is 0 Å². The summed E-state index contributed by atoms with van der Waals surface area (Å²) in [6.45, 7) is 0. The molecule has 0 spiro atoms.